The Morgan fingerprint density at radius 3 is 2.66 bits per heavy atom. The number of halogens is 2. The zero-order valence-corrected chi connectivity index (χ0v) is 21.0. The van der Waals surface area contributed by atoms with Gasteiger partial charge < -0.3 is 25.2 Å². The lowest BCUT2D eigenvalue weighted by atomic mass is 9.93. The van der Waals surface area contributed by atoms with Crippen LogP contribution in [0.2, 0.25) is 5.02 Å². The number of anilines is 1. The van der Waals surface area contributed by atoms with Crippen molar-refractivity contribution in [2.75, 3.05) is 25.9 Å². The number of likely N-dealkylation sites (tertiary alicyclic amines) is 1. The average molecular weight is 506 g/mol. The highest BCUT2D eigenvalue weighted by Gasteiger charge is 2.39. The molecule has 0 saturated carbocycles. The maximum atomic E-state index is 15.4. The monoisotopic (exact) mass is 505 g/mol. The van der Waals surface area contributed by atoms with E-state index in [1.54, 1.807) is 26.2 Å². The minimum Gasteiger partial charge on any atom is -0.490 e. The Labute approximate surface area is 207 Å². The number of benzene rings is 1. The van der Waals surface area contributed by atoms with E-state index >= 15 is 4.39 Å². The second-order valence-electron chi connectivity index (χ2n) is 9.04. The molecule has 4 rings (SSSR count). The molecule has 1 aliphatic rings. The fourth-order valence-corrected chi connectivity index (χ4v) is 4.64. The number of nitrogen functional groups attached to an aromatic ring is 1. The van der Waals surface area contributed by atoms with Crippen molar-refractivity contribution >= 4 is 28.8 Å². The molecule has 3 aromatic rings. The van der Waals surface area contributed by atoms with Gasteiger partial charge in [-0.1, -0.05) is 18.5 Å². The number of ether oxygens (including phenoxy) is 2. The zero-order valence-electron chi connectivity index (χ0n) is 20.2. The van der Waals surface area contributed by atoms with Crippen molar-refractivity contribution < 1.29 is 23.8 Å². The van der Waals surface area contributed by atoms with Crippen LogP contribution in [0.25, 0.3) is 5.52 Å². The van der Waals surface area contributed by atoms with Crippen molar-refractivity contribution in [3.63, 3.8) is 0 Å². The van der Waals surface area contributed by atoms with Gasteiger partial charge in [-0.3, -0.25) is 9.20 Å². The molecule has 1 aliphatic heterocycles. The summed E-state index contributed by atoms with van der Waals surface area (Å²) in [6.07, 6.45) is 1.99. The van der Waals surface area contributed by atoms with Crippen LogP contribution in [-0.4, -0.2) is 62.9 Å². The molecule has 1 amide bonds. The van der Waals surface area contributed by atoms with Gasteiger partial charge in [0.2, 0.25) is 0 Å². The van der Waals surface area contributed by atoms with E-state index in [2.05, 4.69) is 9.97 Å². The fourth-order valence-electron chi connectivity index (χ4n) is 4.43. The first-order valence-corrected chi connectivity index (χ1v) is 11.7. The summed E-state index contributed by atoms with van der Waals surface area (Å²) < 4.78 is 28.2. The van der Waals surface area contributed by atoms with Gasteiger partial charge in [0.1, 0.15) is 28.5 Å². The molecule has 0 radical (unpaired) electrons. The predicted molar refractivity (Wildman–Crippen MR) is 129 cm³/mol. The molecule has 2 atom stereocenters. The summed E-state index contributed by atoms with van der Waals surface area (Å²) in [7, 11) is 1.39. The summed E-state index contributed by atoms with van der Waals surface area (Å²) in [5.74, 6) is -1.02. The van der Waals surface area contributed by atoms with E-state index in [9.17, 15) is 9.90 Å². The van der Waals surface area contributed by atoms with E-state index in [4.69, 9.17) is 26.8 Å². The van der Waals surface area contributed by atoms with Crippen molar-refractivity contribution in [2.45, 2.75) is 46.0 Å². The van der Waals surface area contributed by atoms with Gasteiger partial charge in [0.25, 0.3) is 5.91 Å². The lowest BCUT2D eigenvalue weighted by molar-refractivity contribution is -0.142. The number of nitrogens with zero attached hydrogens (tertiary/aromatic N) is 4. The number of aryl methyl sites for hydroxylation is 1. The zero-order chi connectivity index (χ0) is 25.6. The van der Waals surface area contributed by atoms with Gasteiger partial charge in [-0.25, -0.2) is 14.4 Å². The second-order valence-corrected chi connectivity index (χ2v) is 9.44. The third-order valence-electron chi connectivity index (χ3n) is 6.25. The highest BCUT2D eigenvalue weighted by atomic mass is 35.5. The number of hydrogen-bond acceptors (Lipinski definition) is 7. The molecule has 1 fully saturated rings. The topological polar surface area (TPSA) is 115 Å². The highest BCUT2D eigenvalue weighted by Crippen LogP contribution is 2.41. The number of aromatic nitrogens is 3. The van der Waals surface area contributed by atoms with Crippen molar-refractivity contribution in [2.24, 2.45) is 5.92 Å². The van der Waals surface area contributed by atoms with E-state index < -0.39 is 23.9 Å². The molecule has 9 nitrogen and oxygen atoms in total. The molecule has 3 N–H and O–H groups in total. The van der Waals surface area contributed by atoms with Crippen molar-refractivity contribution in [1.29, 1.82) is 0 Å². The van der Waals surface area contributed by atoms with E-state index in [-0.39, 0.29) is 41.4 Å². The Morgan fingerprint density at radius 2 is 2.03 bits per heavy atom. The Morgan fingerprint density at radius 1 is 1.34 bits per heavy atom. The minimum absolute atomic E-state index is 0.117. The first-order valence-electron chi connectivity index (χ1n) is 11.3. The Kier molecular flexibility index (Phi) is 6.90. The van der Waals surface area contributed by atoms with Gasteiger partial charge in [0.05, 0.1) is 16.8 Å². The number of hydrogen-bond donors (Lipinski definition) is 2. The summed E-state index contributed by atoms with van der Waals surface area (Å²) in [4.78, 5) is 23.7. The van der Waals surface area contributed by atoms with Crippen LogP contribution in [0.5, 0.6) is 5.75 Å². The number of rotatable bonds is 7. The Bertz CT molecular complexity index is 1270. The quantitative estimate of drug-likeness (QED) is 0.473. The molecule has 188 valence electrons. The Hall–Kier alpha value is -2.95. The fraction of sp³-hybridized carbons (Fsp3) is 0.458. The summed E-state index contributed by atoms with van der Waals surface area (Å²) in [6.45, 7) is 7.75. The van der Waals surface area contributed by atoms with Gasteiger partial charge in [0.15, 0.2) is 12.1 Å². The summed E-state index contributed by atoms with van der Waals surface area (Å²) in [6, 6.07) is 1.48. The first kappa shape index (κ1) is 25.2. The molecule has 0 aliphatic carbocycles. The third-order valence-corrected chi connectivity index (χ3v) is 6.52. The standard InChI is InChI=1S/C24H29ClFN5O4/c1-11(2)35-20-15(12(3)22-29-13(4)19-21(27)28-6-7-31(19)22)8-16(25)18(26)17(20)23(32)30-9-14(10-30)24(33)34-5/h6-8,11-12,14,24,33H,9-10H2,1-5H3,(H2,27,28). The van der Waals surface area contributed by atoms with E-state index in [0.29, 0.717) is 28.4 Å². The molecule has 1 aromatic carbocycles. The summed E-state index contributed by atoms with van der Waals surface area (Å²) in [5.41, 5.74) is 7.71. The number of aliphatic hydroxyl groups excluding tert-OH is 1. The lowest BCUT2D eigenvalue weighted by Crippen LogP contribution is -2.54. The van der Waals surface area contributed by atoms with Gasteiger partial charge >= 0.3 is 0 Å². The van der Waals surface area contributed by atoms with E-state index in [0.717, 1.165) is 0 Å². The van der Waals surface area contributed by atoms with Crippen LogP contribution in [0.3, 0.4) is 0 Å². The van der Waals surface area contributed by atoms with Crippen molar-refractivity contribution in [3.8, 4) is 5.75 Å². The molecule has 11 heteroatoms. The molecule has 3 heterocycles. The normalized spacial score (nSPS) is 16.0. The number of imidazole rings is 1. The van der Waals surface area contributed by atoms with Crippen molar-refractivity contribution in [3.05, 3.63) is 51.9 Å². The molecule has 2 aromatic heterocycles. The average Bonchev–Trinajstić information content (AvgIpc) is 3.11. The number of carbonyl (C=O) groups excluding carboxylic acids is 1. The number of carbonyl (C=O) groups is 1. The number of fused-ring (bicyclic) bond motifs is 1. The summed E-state index contributed by atoms with van der Waals surface area (Å²) in [5, 5.41) is 9.67. The molecule has 0 bridgehead atoms. The molecular formula is C24H29ClFN5O4. The number of nitrogens with two attached hydrogens (primary N) is 1. The largest absolute Gasteiger partial charge is 0.490 e. The first-order chi connectivity index (χ1) is 16.5. The molecule has 1 saturated heterocycles. The van der Waals surface area contributed by atoms with Gasteiger partial charge in [-0.15, -0.1) is 0 Å². The maximum absolute atomic E-state index is 15.4. The highest BCUT2D eigenvalue weighted by molar-refractivity contribution is 6.31. The van der Waals surface area contributed by atoms with Crippen LogP contribution >= 0.6 is 11.6 Å². The molecular weight excluding hydrogens is 477 g/mol. The molecule has 35 heavy (non-hydrogen) atoms. The lowest BCUT2D eigenvalue weighted by Gasteiger charge is -2.41. The minimum atomic E-state index is -0.996. The SMILES string of the molecule is COC(O)C1CN(C(=O)c2c(F)c(Cl)cc(C(C)c3nc(C)c4c(N)nccn34)c2OC(C)C)C1. The second kappa shape index (κ2) is 9.60. The molecule has 0 spiro atoms. The predicted octanol–water partition coefficient (Wildman–Crippen LogP) is 3.39. The van der Waals surface area contributed by atoms with Gasteiger partial charge in [-0.05, 0) is 26.8 Å². The number of amides is 1. The van der Waals surface area contributed by atoms with Crippen LogP contribution in [0.15, 0.2) is 18.5 Å². The van der Waals surface area contributed by atoms with Crippen molar-refractivity contribution in [1.82, 2.24) is 19.3 Å². The maximum Gasteiger partial charge on any atom is 0.260 e. The Balaban J connectivity index is 1.82. The van der Waals surface area contributed by atoms with Crippen LogP contribution in [0.4, 0.5) is 10.2 Å². The smallest absolute Gasteiger partial charge is 0.260 e. The van der Waals surface area contributed by atoms with Gasteiger partial charge in [0, 0.05) is 50.0 Å². The van der Waals surface area contributed by atoms with E-state index in [1.807, 2.05) is 18.2 Å². The van der Waals surface area contributed by atoms with Gasteiger partial charge in [-0.2, -0.15) is 0 Å². The summed E-state index contributed by atoms with van der Waals surface area (Å²) >= 11 is 6.30. The number of aliphatic hydroxyl groups is 1. The third kappa shape index (κ3) is 4.41. The van der Waals surface area contributed by atoms with Crippen LogP contribution < -0.4 is 10.5 Å². The molecule has 2 unspecified atom stereocenters. The van der Waals surface area contributed by atoms with Crippen LogP contribution in [0.1, 0.15) is 54.1 Å². The van der Waals surface area contributed by atoms with Crippen LogP contribution in [-0.2, 0) is 4.74 Å². The van der Waals surface area contributed by atoms with Crippen LogP contribution in [0, 0.1) is 18.7 Å². The number of methoxy groups -OCH3 is 1. The van der Waals surface area contributed by atoms with E-state index in [1.165, 1.54) is 18.1 Å².